The Morgan fingerprint density at radius 1 is 1.19 bits per heavy atom. The number of carbonyl (C=O) groups is 1. The Hall–Kier alpha value is -1.73. The molecule has 1 aromatic rings. The van der Waals surface area contributed by atoms with Gasteiger partial charge in [0.1, 0.15) is 5.60 Å². The lowest BCUT2D eigenvalue weighted by molar-refractivity contribution is 0.00578. The first kappa shape index (κ1) is 24.9. The first-order valence-electron chi connectivity index (χ1n) is 11.8. The largest absolute Gasteiger partial charge is 0.494 e. The molecule has 0 radical (unpaired) electrons. The van der Waals surface area contributed by atoms with Crippen molar-refractivity contribution in [3.63, 3.8) is 0 Å². The summed E-state index contributed by atoms with van der Waals surface area (Å²) in [6.07, 6.45) is 2.04. The van der Waals surface area contributed by atoms with E-state index in [0.717, 1.165) is 23.3 Å². The van der Waals surface area contributed by atoms with Gasteiger partial charge in [-0.15, -0.1) is 0 Å². The Bertz CT molecular complexity index is 833. The lowest BCUT2D eigenvalue weighted by Gasteiger charge is -2.32. The number of hydrogen-bond acceptors (Lipinski definition) is 5. The fourth-order valence-electron chi connectivity index (χ4n) is 4.21. The number of nitrogens with zero attached hydrogens (tertiary/aromatic N) is 2. The number of benzene rings is 1. The summed E-state index contributed by atoms with van der Waals surface area (Å²) in [7, 11) is 1.34. The molecule has 1 amide bonds. The third kappa shape index (κ3) is 5.09. The molecule has 2 fully saturated rings. The van der Waals surface area contributed by atoms with Crippen LogP contribution in [0.5, 0.6) is 0 Å². The maximum atomic E-state index is 12.7. The first-order valence-corrected chi connectivity index (χ1v) is 11.8. The molecule has 3 rings (SSSR count). The topological polar surface area (TPSA) is 51.2 Å². The Morgan fingerprint density at radius 3 is 2.28 bits per heavy atom. The van der Waals surface area contributed by atoms with E-state index in [2.05, 4.69) is 57.7 Å². The van der Waals surface area contributed by atoms with Crippen molar-refractivity contribution in [2.45, 2.75) is 104 Å². The zero-order valence-electron chi connectivity index (χ0n) is 21.6. The number of amides is 1. The van der Waals surface area contributed by atoms with Gasteiger partial charge in [-0.25, -0.2) is 4.79 Å². The van der Waals surface area contributed by atoms with Crippen LogP contribution in [-0.4, -0.2) is 54.5 Å². The molecule has 2 aliphatic heterocycles. The summed E-state index contributed by atoms with van der Waals surface area (Å²) in [6, 6.07) is 6.81. The van der Waals surface area contributed by atoms with Crippen LogP contribution in [0.4, 0.5) is 10.5 Å². The average Bonchev–Trinajstić information content (AvgIpc) is 3.18. The molecule has 0 N–H and O–H groups in total. The van der Waals surface area contributed by atoms with Gasteiger partial charge in [-0.3, -0.25) is 0 Å². The fourth-order valence-corrected chi connectivity index (χ4v) is 4.21. The highest BCUT2D eigenvalue weighted by atomic mass is 16.7. The standard InChI is InChI=1S/C25H41BN2O4/c1-17-12-11-13-28(17)21-15-19(18(2)27(10)22(29)30-23(3,4)5)14-20(16-21)26-31-24(6,7)25(8,9)32-26/h14-18H,11-13H2,1-10H3/t17-,18?/m1/s1. The van der Waals surface area contributed by atoms with Crippen LogP contribution >= 0.6 is 0 Å². The van der Waals surface area contributed by atoms with Crippen LogP contribution in [0.15, 0.2) is 18.2 Å². The SMILES string of the molecule is CC(c1cc(B2OC(C)(C)C(C)(C)O2)cc(N2CCC[C@H]2C)c1)N(C)C(=O)OC(C)(C)C. The molecule has 1 unspecified atom stereocenters. The number of hydrogen-bond donors (Lipinski definition) is 0. The van der Waals surface area contributed by atoms with Gasteiger partial charge in [0.2, 0.25) is 0 Å². The van der Waals surface area contributed by atoms with Crippen LogP contribution in [0, 0.1) is 0 Å². The van der Waals surface area contributed by atoms with Gasteiger partial charge < -0.3 is 23.8 Å². The second-order valence-corrected chi connectivity index (χ2v) is 11.4. The van der Waals surface area contributed by atoms with E-state index in [0.29, 0.717) is 6.04 Å². The van der Waals surface area contributed by atoms with Crippen molar-refractivity contribution in [1.82, 2.24) is 4.90 Å². The predicted octanol–water partition coefficient (Wildman–Crippen LogP) is 4.90. The quantitative estimate of drug-likeness (QED) is 0.619. The van der Waals surface area contributed by atoms with Crippen molar-refractivity contribution in [2.75, 3.05) is 18.5 Å². The van der Waals surface area contributed by atoms with Crippen LogP contribution in [-0.2, 0) is 14.0 Å². The Morgan fingerprint density at radius 2 is 1.78 bits per heavy atom. The Balaban J connectivity index is 1.97. The van der Waals surface area contributed by atoms with Gasteiger partial charge in [0.25, 0.3) is 0 Å². The smallest absolute Gasteiger partial charge is 0.444 e. The molecular formula is C25H41BN2O4. The maximum absolute atomic E-state index is 12.7. The molecule has 178 valence electrons. The number of ether oxygens (including phenoxy) is 1. The Labute approximate surface area is 194 Å². The van der Waals surface area contributed by atoms with Crippen molar-refractivity contribution in [1.29, 1.82) is 0 Å². The monoisotopic (exact) mass is 444 g/mol. The van der Waals surface area contributed by atoms with Crippen molar-refractivity contribution in [3.8, 4) is 0 Å². The van der Waals surface area contributed by atoms with E-state index in [9.17, 15) is 4.79 Å². The fraction of sp³-hybridized carbons (Fsp3) is 0.720. The summed E-state index contributed by atoms with van der Waals surface area (Å²) in [6.45, 7) is 19.3. The van der Waals surface area contributed by atoms with Gasteiger partial charge in [0.15, 0.2) is 0 Å². The summed E-state index contributed by atoms with van der Waals surface area (Å²) in [5.74, 6) is 0. The second-order valence-electron chi connectivity index (χ2n) is 11.4. The summed E-state index contributed by atoms with van der Waals surface area (Å²) in [5, 5.41) is 0. The zero-order chi connectivity index (χ0) is 24.1. The van der Waals surface area contributed by atoms with Gasteiger partial charge in [0, 0.05) is 25.3 Å². The molecule has 0 spiro atoms. The van der Waals surface area contributed by atoms with Crippen molar-refractivity contribution >= 4 is 24.4 Å². The van der Waals surface area contributed by atoms with Gasteiger partial charge in [0.05, 0.1) is 17.2 Å². The molecule has 2 saturated heterocycles. The van der Waals surface area contributed by atoms with E-state index in [1.165, 1.54) is 12.8 Å². The van der Waals surface area contributed by atoms with Gasteiger partial charge in [-0.1, -0.05) is 6.07 Å². The first-order chi connectivity index (χ1) is 14.6. The van der Waals surface area contributed by atoms with E-state index >= 15 is 0 Å². The van der Waals surface area contributed by atoms with Crippen LogP contribution < -0.4 is 10.4 Å². The van der Waals surface area contributed by atoms with E-state index < -0.39 is 23.9 Å². The molecule has 2 aliphatic rings. The van der Waals surface area contributed by atoms with Crippen molar-refractivity contribution in [2.24, 2.45) is 0 Å². The Kier molecular flexibility index (Phi) is 6.67. The average molecular weight is 444 g/mol. The highest BCUT2D eigenvalue weighted by molar-refractivity contribution is 6.62. The van der Waals surface area contributed by atoms with Crippen LogP contribution in [0.3, 0.4) is 0 Å². The third-order valence-electron chi connectivity index (χ3n) is 7.12. The summed E-state index contributed by atoms with van der Waals surface area (Å²) in [4.78, 5) is 16.8. The highest BCUT2D eigenvalue weighted by Gasteiger charge is 2.52. The highest BCUT2D eigenvalue weighted by Crippen LogP contribution is 2.37. The van der Waals surface area contributed by atoms with E-state index in [1.54, 1.807) is 11.9 Å². The van der Waals surface area contributed by atoms with Gasteiger partial charge in [-0.05, 0) is 98.3 Å². The van der Waals surface area contributed by atoms with E-state index in [4.69, 9.17) is 14.0 Å². The summed E-state index contributed by atoms with van der Waals surface area (Å²) >= 11 is 0. The van der Waals surface area contributed by atoms with Crippen molar-refractivity contribution in [3.05, 3.63) is 23.8 Å². The van der Waals surface area contributed by atoms with Gasteiger partial charge >= 0.3 is 13.2 Å². The molecule has 2 heterocycles. The molecule has 0 aliphatic carbocycles. The minimum absolute atomic E-state index is 0.163. The van der Waals surface area contributed by atoms with E-state index in [1.807, 2.05) is 27.7 Å². The molecule has 0 bridgehead atoms. The predicted molar refractivity (Wildman–Crippen MR) is 131 cm³/mol. The lowest BCUT2D eigenvalue weighted by atomic mass is 9.77. The second kappa shape index (κ2) is 8.56. The van der Waals surface area contributed by atoms with E-state index in [-0.39, 0.29) is 12.1 Å². The maximum Gasteiger partial charge on any atom is 0.494 e. The summed E-state index contributed by atoms with van der Waals surface area (Å²) in [5.41, 5.74) is 1.83. The molecule has 6 nitrogen and oxygen atoms in total. The zero-order valence-corrected chi connectivity index (χ0v) is 21.6. The molecule has 0 saturated carbocycles. The molecule has 0 aromatic heterocycles. The third-order valence-corrected chi connectivity index (χ3v) is 7.12. The normalized spacial score (nSPS) is 23.4. The van der Waals surface area contributed by atoms with Crippen molar-refractivity contribution < 1.29 is 18.8 Å². The lowest BCUT2D eigenvalue weighted by Crippen LogP contribution is -2.41. The minimum Gasteiger partial charge on any atom is -0.444 e. The molecular weight excluding hydrogens is 403 g/mol. The number of carbonyl (C=O) groups excluding carboxylic acids is 1. The molecule has 2 atom stereocenters. The van der Waals surface area contributed by atoms with Gasteiger partial charge in [-0.2, -0.15) is 0 Å². The number of anilines is 1. The van der Waals surface area contributed by atoms with Crippen LogP contribution in [0.2, 0.25) is 0 Å². The molecule has 7 heteroatoms. The summed E-state index contributed by atoms with van der Waals surface area (Å²) < 4.78 is 18.3. The molecule has 32 heavy (non-hydrogen) atoms. The molecule has 1 aromatic carbocycles. The number of rotatable bonds is 4. The minimum atomic E-state index is -0.536. The van der Waals surface area contributed by atoms with Crippen LogP contribution in [0.25, 0.3) is 0 Å². The van der Waals surface area contributed by atoms with Crippen LogP contribution in [0.1, 0.15) is 86.8 Å².